The molecule has 6 rings (SSSR count). The van der Waals surface area contributed by atoms with E-state index in [9.17, 15) is 9.59 Å². The van der Waals surface area contributed by atoms with Crippen LogP contribution in [0.2, 0.25) is 5.28 Å². The summed E-state index contributed by atoms with van der Waals surface area (Å²) in [5, 5.41) is 38.6. The molecule has 19 heteroatoms. The molecule has 0 bridgehead atoms. The first-order chi connectivity index (χ1) is 21.3. The molecule has 0 spiro atoms. The predicted molar refractivity (Wildman–Crippen MR) is 159 cm³/mol. The van der Waals surface area contributed by atoms with Gasteiger partial charge in [0.15, 0.2) is 5.78 Å². The number of aromatic nitrogens is 9. The number of rotatable bonds is 5. The Morgan fingerprint density at radius 2 is 1.02 bits per heavy atom. The summed E-state index contributed by atoms with van der Waals surface area (Å²) in [4.78, 5) is 34.2. The second-order valence-corrected chi connectivity index (χ2v) is 11.1. The van der Waals surface area contributed by atoms with E-state index < -0.39 is 17.2 Å². The summed E-state index contributed by atoms with van der Waals surface area (Å²) in [5.74, 6) is -1.45. The number of carboxylic acids is 1. The first-order valence-electron chi connectivity index (χ1n) is 14.3. The van der Waals surface area contributed by atoms with Crippen molar-refractivity contribution in [2.45, 2.75) is 104 Å². The van der Waals surface area contributed by atoms with Crippen molar-refractivity contribution in [1.82, 2.24) is 45.5 Å². The van der Waals surface area contributed by atoms with Crippen molar-refractivity contribution in [2.24, 2.45) is 0 Å². The van der Waals surface area contributed by atoms with Crippen molar-refractivity contribution >= 4 is 23.4 Å². The summed E-state index contributed by atoms with van der Waals surface area (Å²) >= 11 is 5.67. The van der Waals surface area contributed by atoms with Gasteiger partial charge in [-0.25, -0.2) is 19.7 Å². The number of carboxylic acid groups (broad SMARTS) is 1. The quantitative estimate of drug-likeness (QED) is 0.269. The molecule has 3 aliphatic rings. The van der Waals surface area contributed by atoms with Crippen LogP contribution in [0.5, 0.6) is 0 Å². The second-order valence-electron chi connectivity index (χ2n) is 10.7. The SMILES string of the molecule is CCC1(C)OCc2nnc(C(=O)O)nc21.CCC1(C)OCc2nnc(C(C)=O)nc21.CCC1(C)OCc2nnc(Cl)nc21.CO.[Li+].[OH-]. The molecule has 3 aliphatic heterocycles. The molecule has 0 fully saturated rings. The fraction of sp³-hybridized carbons (Fsp3) is 0.607. The number of halogens is 1. The van der Waals surface area contributed by atoms with Gasteiger partial charge < -0.3 is 29.9 Å². The molecule has 3 aromatic heterocycles. The van der Waals surface area contributed by atoms with Gasteiger partial charge in [0.2, 0.25) is 11.1 Å². The van der Waals surface area contributed by atoms with Gasteiger partial charge in [-0.3, -0.25) is 4.79 Å². The predicted octanol–water partition coefficient (Wildman–Crippen LogP) is 0.0709. The zero-order valence-electron chi connectivity index (χ0n) is 28.0. The number of nitrogens with zero attached hydrogens (tertiary/aromatic N) is 9. The normalized spacial score (nSPS) is 22.6. The number of ether oxygens (including phenoxy) is 3. The van der Waals surface area contributed by atoms with E-state index in [0.717, 1.165) is 49.1 Å². The molecule has 0 radical (unpaired) electrons. The number of fused-ring (bicyclic) bond motifs is 3. The van der Waals surface area contributed by atoms with Crippen LogP contribution in [0, 0.1) is 0 Å². The van der Waals surface area contributed by atoms with E-state index in [2.05, 4.69) is 45.5 Å². The topological polar surface area (TPSA) is 248 Å². The van der Waals surface area contributed by atoms with E-state index in [1.165, 1.54) is 6.92 Å². The van der Waals surface area contributed by atoms with Crippen molar-refractivity contribution in [3.8, 4) is 0 Å². The van der Waals surface area contributed by atoms with Crippen LogP contribution < -0.4 is 18.9 Å². The number of carbonyl (C=O) groups is 2. The van der Waals surface area contributed by atoms with Crippen molar-refractivity contribution in [2.75, 3.05) is 7.11 Å². The minimum Gasteiger partial charge on any atom is -0.870 e. The minimum atomic E-state index is -1.17. The molecule has 0 saturated carbocycles. The summed E-state index contributed by atoms with van der Waals surface area (Å²) in [5.41, 5.74) is 3.06. The number of aliphatic hydroxyl groups excluding tert-OH is 1. The third-order valence-electron chi connectivity index (χ3n) is 7.86. The number of hydrogen-bond acceptors (Lipinski definition) is 16. The van der Waals surface area contributed by atoms with Gasteiger partial charge in [-0.15, -0.1) is 30.6 Å². The molecule has 252 valence electrons. The van der Waals surface area contributed by atoms with Gasteiger partial charge >= 0.3 is 24.8 Å². The van der Waals surface area contributed by atoms with E-state index in [0.29, 0.717) is 31.2 Å². The summed E-state index contributed by atoms with van der Waals surface area (Å²) in [7, 11) is 1.00. The molecule has 3 unspecified atom stereocenters. The Hall–Kier alpha value is -3.14. The summed E-state index contributed by atoms with van der Waals surface area (Å²) in [6.07, 6.45) is 2.38. The van der Waals surface area contributed by atoms with Crippen LogP contribution in [0.1, 0.15) is 123 Å². The van der Waals surface area contributed by atoms with E-state index in [-0.39, 0.29) is 52.7 Å². The van der Waals surface area contributed by atoms with E-state index in [1.807, 2.05) is 41.5 Å². The van der Waals surface area contributed by atoms with Crippen LogP contribution in [0.3, 0.4) is 0 Å². The van der Waals surface area contributed by atoms with Crippen molar-refractivity contribution in [3.05, 3.63) is 51.1 Å². The number of ketones is 1. The van der Waals surface area contributed by atoms with Crippen molar-refractivity contribution < 1.29 is 58.3 Å². The van der Waals surface area contributed by atoms with E-state index >= 15 is 0 Å². The molecular weight excluding hydrogens is 633 g/mol. The summed E-state index contributed by atoms with van der Waals surface area (Å²) in [6.45, 7) is 14.5. The van der Waals surface area contributed by atoms with Gasteiger partial charge in [-0.05, 0) is 51.6 Å². The van der Waals surface area contributed by atoms with Crippen LogP contribution in [-0.4, -0.2) is 80.1 Å². The third kappa shape index (κ3) is 9.06. The van der Waals surface area contributed by atoms with Crippen molar-refractivity contribution in [3.63, 3.8) is 0 Å². The molecular formula is C28H39ClLiN9O8. The Morgan fingerprint density at radius 3 is 1.38 bits per heavy atom. The van der Waals surface area contributed by atoms with Gasteiger partial charge in [-0.1, -0.05) is 20.8 Å². The third-order valence-corrected chi connectivity index (χ3v) is 8.02. The monoisotopic (exact) mass is 671 g/mol. The number of aromatic carboxylic acids is 1. The van der Waals surface area contributed by atoms with Crippen LogP contribution in [-0.2, 0) is 50.8 Å². The molecule has 47 heavy (non-hydrogen) atoms. The maximum absolute atomic E-state index is 11.1. The average Bonchev–Trinajstić information content (AvgIpc) is 3.70. The first-order valence-corrected chi connectivity index (χ1v) is 14.7. The summed E-state index contributed by atoms with van der Waals surface area (Å²) in [6, 6.07) is 0. The van der Waals surface area contributed by atoms with E-state index in [4.69, 9.17) is 36.0 Å². The molecule has 17 nitrogen and oxygen atoms in total. The van der Waals surface area contributed by atoms with Gasteiger partial charge in [0.1, 0.15) is 51.0 Å². The Labute approximate surface area is 289 Å². The van der Waals surface area contributed by atoms with E-state index in [1.54, 1.807) is 0 Å². The summed E-state index contributed by atoms with van der Waals surface area (Å²) < 4.78 is 16.7. The van der Waals surface area contributed by atoms with Crippen molar-refractivity contribution in [1.29, 1.82) is 0 Å². The number of Topliss-reactive ketones (excluding diaryl/α,β-unsaturated/α-hetero) is 1. The van der Waals surface area contributed by atoms with Crippen LogP contribution in [0.4, 0.5) is 0 Å². The minimum absolute atomic E-state index is 0. The maximum Gasteiger partial charge on any atom is 1.00 e. The smallest absolute Gasteiger partial charge is 0.870 e. The zero-order valence-corrected chi connectivity index (χ0v) is 28.8. The van der Waals surface area contributed by atoms with Crippen LogP contribution in [0.25, 0.3) is 0 Å². The maximum atomic E-state index is 11.1. The number of carbonyl (C=O) groups excluding carboxylic acids is 1. The molecule has 3 aromatic rings. The largest absolute Gasteiger partial charge is 1.00 e. The molecule has 0 amide bonds. The number of hydrogen-bond donors (Lipinski definition) is 2. The van der Waals surface area contributed by atoms with Crippen LogP contribution in [0.15, 0.2) is 0 Å². The van der Waals surface area contributed by atoms with Gasteiger partial charge in [0, 0.05) is 14.0 Å². The average molecular weight is 672 g/mol. The Kier molecular flexibility index (Phi) is 15.4. The Bertz CT molecular complexity index is 1480. The first kappa shape index (κ1) is 41.9. The fourth-order valence-electron chi connectivity index (χ4n) is 4.52. The zero-order chi connectivity index (χ0) is 33.6. The number of aliphatic hydroxyl groups is 1. The molecule has 0 aromatic carbocycles. The second kappa shape index (κ2) is 17.3. The van der Waals surface area contributed by atoms with Gasteiger partial charge in [-0.2, -0.15) is 0 Å². The fourth-order valence-corrected chi connectivity index (χ4v) is 4.64. The Balaban J connectivity index is 0.000000337. The van der Waals surface area contributed by atoms with Gasteiger partial charge in [0.05, 0.1) is 19.8 Å². The molecule has 3 atom stereocenters. The standard InChI is InChI=1S/C10H13N3O2.C9H11N3O3.C8H10ClN3O.CH4O.Li.H2O/c1-4-10(3)8-7(5-15-10)12-13-9(11-8)6(2)14;1-3-9(2)6-5(4-15-9)11-12-7(10-6)8(13)14;1-3-8(2)6-5(4-13-8)11-12-7(9)10-6;1-2;;/h4-5H2,1-3H3;3-4H2,1-2H3,(H,13,14);3-4H2,1-2H3;2H,1H3;;1H2/q;;;;+1;/p-1. The Morgan fingerprint density at radius 1 is 0.681 bits per heavy atom. The van der Waals surface area contributed by atoms with Crippen LogP contribution >= 0.6 is 11.6 Å². The molecule has 3 N–H and O–H groups in total. The van der Waals surface area contributed by atoms with Gasteiger partial charge in [0.25, 0.3) is 5.82 Å². The molecule has 0 aliphatic carbocycles. The molecule has 0 saturated heterocycles. The molecule has 6 heterocycles.